The van der Waals surface area contributed by atoms with Crippen LogP contribution in [0.5, 0.6) is 5.75 Å². The lowest BCUT2D eigenvalue weighted by Crippen LogP contribution is -2.07. The van der Waals surface area contributed by atoms with Crippen LogP contribution >= 0.6 is 11.6 Å². The maximum atomic E-state index is 6.12. The number of anilines is 1. The van der Waals surface area contributed by atoms with Crippen molar-refractivity contribution in [3.63, 3.8) is 0 Å². The minimum Gasteiger partial charge on any atom is -0.486 e. The monoisotopic (exact) mass is 273 g/mol. The van der Waals surface area contributed by atoms with Crippen molar-refractivity contribution in [3.05, 3.63) is 59.1 Å². The number of hydrogen-bond donors (Lipinski definition) is 1. The molecule has 2 aromatic carbocycles. The summed E-state index contributed by atoms with van der Waals surface area (Å²) in [6.45, 7) is 0.975. The predicted octanol–water partition coefficient (Wildman–Crippen LogP) is 4.67. The molecule has 0 saturated heterocycles. The van der Waals surface area contributed by atoms with Gasteiger partial charge in [-0.3, -0.25) is 0 Å². The van der Waals surface area contributed by atoms with Crippen LogP contribution in [0.3, 0.4) is 0 Å². The van der Waals surface area contributed by atoms with Crippen molar-refractivity contribution in [2.45, 2.75) is 18.9 Å². The van der Waals surface area contributed by atoms with E-state index in [1.54, 1.807) is 0 Å². The van der Waals surface area contributed by atoms with E-state index in [4.69, 9.17) is 16.3 Å². The number of para-hydroxylation sites is 1. The highest BCUT2D eigenvalue weighted by Gasteiger charge is 2.20. The van der Waals surface area contributed by atoms with Crippen molar-refractivity contribution in [3.8, 4) is 5.75 Å². The minimum absolute atomic E-state index is 0.0612. The van der Waals surface area contributed by atoms with Crippen molar-refractivity contribution in [1.82, 2.24) is 0 Å². The Bertz CT molecular complexity index is 556. The zero-order valence-corrected chi connectivity index (χ0v) is 11.4. The van der Waals surface area contributed by atoms with Crippen LogP contribution in [0.25, 0.3) is 0 Å². The molecule has 0 radical (unpaired) electrons. The Kier molecular flexibility index (Phi) is 3.60. The average Bonchev–Trinajstić information content (AvgIpc) is 2.63. The molecule has 1 aliphatic heterocycles. The molecule has 1 unspecified atom stereocenters. The van der Waals surface area contributed by atoms with Crippen molar-refractivity contribution in [2.75, 3.05) is 11.9 Å². The van der Waals surface area contributed by atoms with Gasteiger partial charge in [0.2, 0.25) is 0 Å². The van der Waals surface area contributed by atoms with E-state index in [0.29, 0.717) is 0 Å². The Morgan fingerprint density at radius 2 is 1.95 bits per heavy atom. The van der Waals surface area contributed by atoms with E-state index in [9.17, 15) is 0 Å². The summed E-state index contributed by atoms with van der Waals surface area (Å²) in [5.41, 5.74) is 2.27. The first-order valence-corrected chi connectivity index (χ1v) is 6.96. The summed E-state index contributed by atoms with van der Waals surface area (Å²) in [6, 6.07) is 15.9. The number of hydrogen-bond acceptors (Lipinski definition) is 2. The maximum Gasteiger partial charge on any atom is 0.126 e. The van der Waals surface area contributed by atoms with Crippen LogP contribution in [0.1, 0.15) is 24.5 Å². The summed E-state index contributed by atoms with van der Waals surface area (Å²) in [5.74, 6) is 0.903. The molecule has 3 heteroatoms. The molecule has 2 nitrogen and oxygen atoms in total. The number of rotatable bonds is 2. The van der Waals surface area contributed by atoms with Gasteiger partial charge in [0.15, 0.2) is 0 Å². The minimum atomic E-state index is 0.0612. The average molecular weight is 274 g/mol. The van der Waals surface area contributed by atoms with Crippen LogP contribution < -0.4 is 10.1 Å². The molecule has 98 valence electrons. The van der Waals surface area contributed by atoms with Crippen LogP contribution in [-0.2, 0) is 0 Å². The molecule has 0 aromatic heterocycles. The topological polar surface area (TPSA) is 21.3 Å². The van der Waals surface area contributed by atoms with E-state index in [-0.39, 0.29) is 6.10 Å². The van der Waals surface area contributed by atoms with Crippen LogP contribution in [-0.4, -0.2) is 6.54 Å². The first-order valence-electron chi connectivity index (χ1n) is 6.58. The predicted molar refractivity (Wildman–Crippen MR) is 79.0 cm³/mol. The molecule has 0 spiro atoms. The smallest absolute Gasteiger partial charge is 0.126 e. The van der Waals surface area contributed by atoms with Crippen LogP contribution in [0.15, 0.2) is 48.5 Å². The summed E-state index contributed by atoms with van der Waals surface area (Å²) in [5, 5.41) is 4.18. The summed E-state index contributed by atoms with van der Waals surface area (Å²) >= 11 is 6.11. The summed E-state index contributed by atoms with van der Waals surface area (Å²) in [4.78, 5) is 0. The van der Waals surface area contributed by atoms with E-state index >= 15 is 0 Å². The molecule has 1 N–H and O–H groups in total. The molecule has 1 aliphatic rings. The number of benzene rings is 2. The normalized spacial score (nSPS) is 18.1. The third kappa shape index (κ3) is 2.85. The zero-order chi connectivity index (χ0) is 13.1. The highest BCUT2D eigenvalue weighted by molar-refractivity contribution is 6.30. The zero-order valence-electron chi connectivity index (χ0n) is 10.6. The van der Waals surface area contributed by atoms with E-state index < -0.39 is 0 Å². The molecule has 0 aliphatic carbocycles. The summed E-state index contributed by atoms with van der Waals surface area (Å²) < 4.78 is 6.12. The van der Waals surface area contributed by atoms with Gasteiger partial charge in [-0.1, -0.05) is 29.8 Å². The summed E-state index contributed by atoms with van der Waals surface area (Å²) in [7, 11) is 0. The number of ether oxygens (including phenoxy) is 1. The highest BCUT2D eigenvalue weighted by atomic mass is 35.5. The van der Waals surface area contributed by atoms with Crippen molar-refractivity contribution >= 4 is 17.3 Å². The molecular formula is C16H16ClNO. The van der Waals surface area contributed by atoms with Gasteiger partial charge in [-0.05, 0) is 43.2 Å². The van der Waals surface area contributed by atoms with E-state index in [1.165, 1.54) is 0 Å². The Labute approximate surface area is 118 Å². The van der Waals surface area contributed by atoms with Gasteiger partial charge in [-0.25, -0.2) is 0 Å². The molecule has 1 atom stereocenters. The van der Waals surface area contributed by atoms with Gasteiger partial charge in [0.25, 0.3) is 0 Å². The van der Waals surface area contributed by atoms with E-state index in [0.717, 1.165) is 41.4 Å². The molecule has 0 bridgehead atoms. The third-order valence-corrected chi connectivity index (χ3v) is 3.58. The quantitative estimate of drug-likeness (QED) is 0.859. The fourth-order valence-electron chi connectivity index (χ4n) is 2.41. The van der Waals surface area contributed by atoms with E-state index in [1.807, 2.05) is 48.5 Å². The largest absolute Gasteiger partial charge is 0.486 e. The molecule has 1 heterocycles. The highest BCUT2D eigenvalue weighted by Crippen LogP contribution is 2.34. The fourth-order valence-corrected chi connectivity index (χ4v) is 2.59. The van der Waals surface area contributed by atoms with E-state index in [2.05, 4.69) is 5.32 Å². The van der Waals surface area contributed by atoms with Crippen molar-refractivity contribution in [2.24, 2.45) is 0 Å². The number of nitrogens with one attached hydrogen (secondary N) is 1. The number of halogens is 1. The van der Waals surface area contributed by atoms with Crippen LogP contribution in [0.4, 0.5) is 5.69 Å². The van der Waals surface area contributed by atoms with Gasteiger partial charge in [0, 0.05) is 22.8 Å². The SMILES string of the molecule is Clc1ccc2c(c1)C(Oc1ccccc1)CCCN2. The maximum absolute atomic E-state index is 6.12. The first kappa shape index (κ1) is 12.4. The van der Waals surface area contributed by atoms with Gasteiger partial charge in [-0.15, -0.1) is 0 Å². The lowest BCUT2D eigenvalue weighted by atomic mass is 10.0. The van der Waals surface area contributed by atoms with Gasteiger partial charge < -0.3 is 10.1 Å². The van der Waals surface area contributed by atoms with Gasteiger partial charge >= 0.3 is 0 Å². The van der Waals surface area contributed by atoms with Gasteiger partial charge in [0.1, 0.15) is 11.9 Å². The lowest BCUT2D eigenvalue weighted by molar-refractivity contribution is 0.196. The third-order valence-electron chi connectivity index (χ3n) is 3.34. The Hall–Kier alpha value is -1.67. The van der Waals surface area contributed by atoms with Crippen molar-refractivity contribution < 1.29 is 4.74 Å². The Morgan fingerprint density at radius 3 is 2.79 bits per heavy atom. The van der Waals surface area contributed by atoms with Crippen molar-refractivity contribution in [1.29, 1.82) is 0 Å². The number of fused-ring (bicyclic) bond motifs is 1. The lowest BCUT2D eigenvalue weighted by Gasteiger charge is -2.19. The molecule has 19 heavy (non-hydrogen) atoms. The Balaban J connectivity index is 1.91. The van der Waals surface area contributed by atoms with Crippen LogP contribution in [0, 0.1) is 0 Å². The first-order chi connectivity index (χ1) is 9.33. The second kappa shape index (κ2) is 5.54. The van der Waals surface area contributed by atoms with Gasteiger partial charge in [-0.2, -0.15) is 0 Å². The second-order valence-corrected chi connectivity index (χ2v) is 5.16. The van der Waals surface area contributed by atoms with Gasteiger partial charge in [0.05, 0.1) is 0 Å². The molecule has 2 aromatic rings. The Morgan fingerprint density at radius 1 is 1.11 bits per heavy atom. The fraction of sp³-hybridized carbons (Fsp3) is 0.250. The summed E-state index contributed by atoms with van der Waals surface area (Å²) in [6.07, 6.45) is 2.14. The molecular weight excluding hydrogens is 258 g/mol. The second-order valence-electron chi connectivity index (χ2n) is 4.72. The molecule has 0 saturated carbocycles. The molecule has 3 rings (SSSR count). The van der Waals surface area contributed by atoms with Crippen LogP contribution in [0.2, 0.25) is 5.02 Å². The standard InChI is InChI=1S/C16H16ClNO/c17-12-8-9-15-14(11-12)16(7-4-10-18-15)19-13-5-2-1-3-6-13/h1-3,5-6,8-9,11,16,18H,4,7,10H2. The molecule has 0 fully saturated rings. The molecule has 0 amide bonds.